The summed E-state index contributed by atoms with van der Waals surface area (Å²) in [5.41, 5.74) is 0. The Morgan fingerprint density at radius 3 is 2.38 bits per heavy atom. The SMILES string of the molecule is COC(=O)C=CN1CCC(C(F)(F)F)CC1. The summed E-state index contributed by atoms with van der Waals surface area (Å²) >= 11 is 0. The zero-order valence-corrected chi connectivity index (χ0v) is 8.96. The quantitative estimate of drug-likeness (QED) is 0.543. The van der Waals surface area contributed by atoms with Gasteiger partial charge in [-0.1, -0.05) is 0 Å². The van der Waals surface area contributed by atoms with Gasteiger partial charge in [0.05, 0.1) is 13.0 Å². The van der Waals surface area contributed by atoms with E-state index in [0.29, 0.717) is 13.1 Å². The molecule has 1 rings (SSSR count). The monoisotopic (exact) mass is 237 g/mol. The Bertz CT molecular complexity index is 268. The molecule has 0 atom stereocenters. The number of methoxy groups -OCH3 is 1. The second kappa shape index (κ2) is 5.23. The van der Waals surface area contributed by atoms with Crippen molar-refractivity contribution in [3.8, 4) is 0 Å². The Labute approximate surface area is 91.9 Å². The average Bonchev–Trinajstić information content (AvgIpc) is 2.25. The average molecular weight is 237 g/mol. The minimum absolute atomic E-state index is 0.0784. The molecule has 1 aliphatic rings. The normalized spacial score (nSPS) is 19.1. The van der Waals surface area contributed by atoms with Gasteiger partial charge in [-0.25, -0.2) is 4.79 Å². The number of likely N-dealkylation sites (tertiary alicyclic amines) is 1. The molecule has 0 aromatic carbocycles. The van der Waals surface area contributed by atoms with Crippen molar-refractivity contribution in [2.45, 2.75) is 19.0 Å². The number of hydrogen-bond donors (Lipinski definition) is 0. The molecule has 0 unspecified atom stereocenters. The molecular formula is C10H14F3NO2. The number of piperidine rings is 1. The van der Waals surface area contributed by atoms with E-state index in [1.165, 1.54) is 19.4 Å². The van der Waals surface area contributed by atoms with Gasteiger partial charge in [-0.05, 0) is 12.8 Å². The number of ether oxygens (including phenoxy) is 1. The highest BCUT2D eigenvalue weighted by Gasteiger charge is 2.40. The van der Waals surface area contributed by atoms with Crippen LogP contribution in [0.4, 0.5) is 13.2 Å². The lowest BCUT2D eigenvalue weighted by molar-refractivity contribution is -0.183. The van der Waals surface area contributed by atoms with E-state index < -0.39 is 18.1 Å². The maximum Gasteiger partial charge on any atom is 0.391 e. The lowest BCUT2D eigenvalue weighted by atomic mass is 9.97. The van der Waals surface area contributed by atoms with Crippen LogP contribution in [0, 0.1) is 5.92 Å². The van der Waals surface area contributed by atoms with Crippen molar-refractivity contribution in [1.82, 2.24) is 4.90 Å². The molecule has 1 saturated heterocycles. The van der Waals surface area contributed by atoms with Gasteiger partial charge in [0, 0.05) is 25.4 Å². The summed E-state index contributed by atoms with van der Waals surface area (Å²) in [5, 5.41) is 0. The smallest absolute Gasteiger partial charge is 0.391 e. The third-order valence-electron chi connectivity index (χ3n) is 2.62. The molecule has 0 saturated carbocycles. The van der Waals surface area contributed by atoms with Gasteiger partial charge in [-0.3, -0.25) is 0 Å². The fourth-order valence-corrected chi connectivity index (χ4v) is 1.61. The van der Waals surface area contributed by atoms with Crippen LogP contribution in [0.1, 0.15) is 12.8 Å². The molecule has 16 heavy (non-hydrogen) atoms. The Hall–Kier alpha value is -1.20. The molecule has 6 heteroatoms. The van der Waals surface area contributed by atoms with Crippen molar-refractivity contribution in [1.29, 1.82) is 0 Å². The van der Waals surface area contributed by atoms with E-state index in [4.69, 9.17) is 0 Å². The molecule has 0 bridgehead atoms. The standard InChI is InChI=1S/C10H14F3NO2/c1-16-9(15)4-7-14-5-2-8(3-6-14)10(11,12)13/h4,7-8H,2-3,5-6H2,1H3. The topological polar surface area (TPSA) is 29.5 Å². The molecule has 0 aromatic heterocycles. The molecule has 1 aliphatic heterocycles. The van der Waals surface area contributed by atoms with Crippen molar-refractivity contribution in [2.24, 2.45) is 5.92 Å². The van der Waals surface area contributed by atoms with E-state index in [1.807, 2.05) is 0 Å². The minimum atomic E-state index is -4.10. The highest BCUT2D eigenvalue weighted by atomic mass is 19.4. The number of halogens is 3. The molecule has 0 spiro atoms. The largest absolute Gasteiger partial charge is 0.466 e. The molecule has 1 fully saturated rings. The number of esters is 1. The number of nitrogens with zero attached hydrogens (tertiary/aromatic N) is 1. The Morgan fingerprint density at radius 2 is 1.94 bits per heavy atom. The zero-order chi connectivity index (χ0) is 12.2. The van der Waals surface area contributed by atoms with Crippen LogP contribution in [0.3, 0.4) is 0 Å². The van der Waals surface area contributed by atoms with E-state index >= 15 is 0 Å². The van der Waals surface area contributed by atoms with E-state index in [1.54, 1.807) is 4.90 Å². The maximum atomic E-state index is 12.3. The van der Waals surface area contributed by atoms with Crippen molar-refractivity contribution in [3.63, 3.8) is 0 Å². The first-order valence-electron chi connectivity index (χ1n) is 5.00. The van der Waals surface area contributed by atoms with Crippen LogP contribution < -0.4 is 0 Å². The summed E-state index contributed by atoms with van der Waals surface area (Å²) < 4.78 is 41.4. The second-order valence-corrected chi connectivity index (χ2v) is 3.69. The van der Waals surface area contributed by atoms with Crippen LogP contribution in [0.25, 0.3) is 0 Å². The van der Waals surface area contributed by atoms with Gasteiger partial charge in [0.1, 0.15) is 0 Å². The van der Waals surface area contributed by atoms with Crippen LogP contribution in [-0.2, 0) is 9.53 Å². The van der Waals surface area contributed by atoms with E-state index in [-0.39, 0.29) is 12.8 Å². The Kier molecular flexibility index (Phi) is 4.20. The predicted molar refractivity (Wildman–Crippen MR) is 51.5 cm³/mol. The Morgan fingerprint density at radius 1 is 1.38 bits per heavy atom. The Balaban J connectivity index is 2.38. The fourth-order valence-electron chi connectivity index (χ4n) is 1.61. The van der Waals surface area contributed by atoms with Crippen molar-refractivity contribution >= 4 is 5.97 Å². The van der Waals surface area contributed by atoms with Gasteiger partial charge in [-0.15, -0.1) is 0 Å². The molecule has 92 valence electrons. The first-order valence-corrected chi connectivity index (χ1v) is 5.00. The minimum Gasteiger partial charge on any atom is -0.466 e. The number of carbonyl (C=O) groups is 1. The summed E-state index contributed by atoms with van der Waals surface area (Å²) in [6.07, 6.45) is -1.24. The summed E-state index contributed by atoms with van der Waals surface area (Å²) in [7, 11) is 1.25. The third kappa shape index (κ3) is 3.75. The number of carbonyl (C=O) groups excluding carboxylic acids is 1. The lowest BCUT2D eigenvalue weighted by Gasteiger charge is -2.31. The number of alkyl halides is 3. The summed E-state index contributed by atoms with van der Waals surface area (Å²) in [6.45, 7) is 0.634. The number of rotatable bonds is 2. The maximum absolute atomic E-state index is 12.3. The zero-order valence-electron chi connectivity index (χ0n) is 8.96. The van der Waals surface area contributed by atoms with E-state index in [2.05, 4.69) is 4.74 Å². The molecular weight excluding hydrogens is 223 g/mol. The van der Waals surface area contributed by atoms with Crippen molar-refractivity contribution in [3.05, 3.63) is 12.3 Å². The van der Waals surface area contributed by atoms with Crippen molar-refractivity contribution in [2.75, 3.05) is 20.2 Å². The van der Waals surface area contributed by atoms with Crippen molar-refractivity contribution < 1.29 is 22.7 Å². The molecule has 0 amide bonds. The van der Waals surface area contributed by atoms with Gasteiger partial charge in [0.15, 0.2) is 0 Å². The van der Waals surface area contributed by atoms with Gasteiger partial charge >= 0.3 is 12.1 Å². The van der Waals surface area contributed by atoms with Crippen LogP contribution >= 0.6 is 0 Å². The second-order valence-electron chi connectivity index (χ2n) is 3.69. The summed E-state index contributed by atoms with van der Waals surface area (Å²) in [5.74, 6) is -1.71. The first-order chi connectivity index (χ1) is 7.43. The van der Waals surface area contributed by atoms with Crippen LogP contribution in [0.2, 0.25) is 0 Å². The van der Waals surface area contributed by atoms with Gasteiger partial charge in [0.25, 0.3) is 0 Å². The summed E-state index contributed by atoms with van der Waals surface area (Å²) in [4.78, 5) is 12.5. The van der Waals surface area contributed by atoms with Gasteiger partial charge in [0.2, 0.25) is 0 Å². The van der Waals surface area contributed by atoms with Crippen LogP contribution in [0.5, 0.6) is 0 Å². The molecule has 3 nitrogen and oxygen atoms in total. The van der Waals surface area contributed by atoms with Crippen LogP contribution in [-0.4, -0.2) is 37.2 Å². The third-order valence-corrected chi connectivity index (χ3v) is 2.62. The molecule has 1 heterocycles. The highest BCUT2D eigenvalue weighted by Crippen LogP contribution is 2.33. The molecule has 0 aliphatic carbocycles. The number of hydrogen-bond acceptors (Lipinski definition) is 3. The lowest BCUT2D eigenvalue weighted by Crippen LogP contribution is -2.36. The molecule has 0 aromatic rings. The molecule has 0 radical (unpaired) electrons. The summed E-state index contributed by atoms with van der Waals surface area (Å²) in [6, 6.07) is 0. The van der Waals surface area contributed by atoms with Crippen LogP contribution in [0.15, 0.2) is 12.3 Å². The molecule has 0 N–H and O–H groups in total. The van der Waals surface area contributed by atoms with E-state index in [9.17, 15) is 18.0 Å². The first kappa shape index (κ1) is 12.9. The van der Waals surface area contributed by atoms with Gasteiger partial charge < -0.3 is 9.64 Å². The highest BCUT2D eigenvalue weighted by molar-refractivity contribution is 5.81. The predicted octanol–water partition coefficient (Wildman–Crippen LogP) is 1.95. The van der Waals surface area contributed by atoms with Gasteiger partial charge in [-0.2, -0.15) is 13.2 Å². The fraction of sp³-hybridized carbons (Fsp3) is 0.700. The van der Waals surface area contributed by atoms with E-state index in [0.717, 1.165) is 0 Å².